The fourth-order valence-corrected chi connectivity index (χ4v) is 4.54. The van der Waals surface area contributed by atoms with Gasteiger partial charge in [-0.2, -0.15) is 0 Å². The molecule has 2 aliphatic carbocycles. The average Bonchev–Trinajstić information content (AvgIpc) is 3.28. The Bertz CT molecular complexity index is 665. The quantitative estimate of drug-likeness (QED) is 0.786. The van der Waals surface area contributed by atoms with E-state index in [1.54, 1.807) is 25.1 Å². The summed E-state index contributed by atoms with van der Waals surface area (Å²) in [5.74, 6) is 1.04. The van der Waals surface area contributed by atoms with E-state index in [-0.39, 0.29) is 11.0 Å². The summed E-state index contributed by atoms with van der Waals surface area (Å²) in [6.45, 7) is 1.79. The molecule has 0 atom stereocenters. The highest BCUT2D eigenvalue weighted by Crippen LogP contribution is 2.45. The second kappa shape index (κ2) is 5.34. The third kappa shape index (κ3) is 3.27. The van der Waals surface area contributed by atoms with E-state index in [0.717, 1.165) is 25.7 Å². The lowest BCUT2D eigenvalue weighted by atomic mass is 10.1. The van der Waals surface area contributed by atoms with Crippen molar-refractivity contribution >= 4 is 27.2 Å². The molecule has 0 aromatic heterocycles. The van der Waals surface area contributed by atoms with Crippen LogP contribution in [0.3, 0.4) is 0 Å². The molecule has 2 fully saturated rings. The van der Waals surface area contributed by atoms with Gasteiger partial charge in [0.15, 0.2) is 0 Å². The highest BCUT2D eigenvalue weighted by molar-refractivity contribution is 7.89. The Hall–Kier alpha value is -0.980. The van der Waals surface area contributed by atoms with E-state index >= 15 is 0 Å². The van der Waals surface area contributed by atoms with Crippen LogP contribution in [-0.2, 0) is 10.0 Å². The van der Waals surface area contributed by atoms with Crippen molar-refractivity contribution in [2.75, 3.05) is 0 Å². The number of benzene rings is 1. The molecule has 3 N–H and O–H groups in total. The molecule has 2 aliphatic rings. The van der Waals surface area contributed by atoms with Crippen LogP contribution in [0, 0.1) is 18.8 Å². The molecule has 0 bridgehead atoms. The predicted molar refractivity (Wildman–Crippen MR) is 86.6 cm³/mol. The molecule has 4 nitrogen and oxygen atoms in total. The highest BCUT2D eigenvalue weighted by Gasteiger charge is 2.43. The molecule has 1 aromatic carbocycles. The molecule has 0 heterocycles. The Morgan fingerprint density at radius 1 is 1.29 bits per heavy atom. The van der Waals surface area contributed by atoms with Crippen molar-refractivity contribution < 1.29 is 8.42 Å². The molecule has 0 amide bonds. The van der Waals surface area contributed by atoms with Crippen LogP contribution in [0.2, 0.25) is 0 Å². The molecular weight excluding hydrogens is 304 g/mol. The van der Waals surface area contributed by atoms with Crippen LogP contribution in [0.25, 0.3) is 0 Å². The van der Waals surface area contributed by atoms with E-state index in [1.165, 1.54) is 0 Å². The monoisotopic (exact) mass is 324 g/mol. The molecule has 0 aliphatic heterocycles. The van der Waals surface area contributed by atoms with Gasteiger partial charge in [-0.15, -0.1) is 0 Å². The number of nitrogens with two attached hydrogens (primary N) is 1. The van der Waals surface area contributed by atoms with Gasteiger partial charge in [0, 0.05) is 11.6 Å². The summed E-state index contributed by atoms with van der Waals surface area (Å²) < 4.78 is 28.3. The molecule has 21 heavy (non-hydrogen) atoms. The number of aryl methyl sites for hydroxylation is 1. The van der Waals surface area contributed by atoms with Gasteiger partial charge in [0.2, 0.25) is 10.0 Å². The van der Waals surface area contributed by atoms with Gasteiger partial charge in [-0.25, -0.2) is 13.1 Å². The second-order valence-electron chi connectivity index (χ2n) is 6.17. The van der Waals surface area contributed by atoms with Gasteiger partial charge >= 0.3 is 0 Å². The molecule has 0 spiro atoms. The van der Waals surface area contributed by atoms with Gasteiger partial charge in [0.1, 0.15) is 4.99 Å². The SMILES string of the molecule is Cc1ccc(C(N)=S)cc1S(=O)(=O)NC(C1CC1)C1CC1. The normalized spacial score (nSPS) is 19.0. The highest BCUT2D eigenvalue weighted by atomic mass is 32.2. The van der Waals surface area contributed by atoms with Crippen LogP contribution in [0.5, 0.6) is 0 Å². The minimum atomic E-state index is -3.52. The van der Waals surface area contributed by atoms with Crippen LogP contribution < -0.4 is 10.5 Å². The Morgan fingerprint density at radius 2 is 1.86 bits per heavy atom. The largest absolute Gasteiger partial charge is 0.389 e. The number of hydrogen-bond donors (Lipinski definition) is 2. The van der Waals surface area contributed by atoms with E-state index in [9.17, 15) is 8.42 Å². The minimum absolute atomic E-state index is 0.0999. The van der Waals surface area contributed by atoms with Crippen molar-refractivity contribution in [3.8, 4) is 0 Å². The lowest BCUT2D eigenvalue weighted by Gasteiger charge is -2.19. The van der Waals surface area contributed by atoms with Crippen LogP contribution >= 0.6 is 12.2 Å². The summed E-state index contributed by atoms with van der Waals surface area (Å²) in [6, 6.07) is 5.20. The van der Waals surface area contributed by atoms with Crippen molar-refractivity contribution in [1.82, 2.24) is 4.72 Å². The van der Waals surface area contributed by atoms with Gasteiger partial charge < -0.3 is 5.73 Å². The standard InChI is InChI=1S/C15H20N2O2S2/c1-9-2-3-12(15(16)20)8-13(9)21(18,19)17-14(10-4-5-10)11-6-7-11/h2-3,8,10-11,14,17H,4-7H2,1H3,(H2,16,20). The van der Waals surface area contributed by atoms with Crippen LogP contribution in [0.15, 0.2) is 23.1 Å². The Balaban J connectivity index is 1.90. The first-order chi connectivity index (χ1) is 9.88. The number of thiocarbonyl (C=S) groups is 1. The van der Waals surface area contributed by atoms with Crippen molar-refractivity contribution in [2.45, 2.75) is 43.5 Å². The smallest absolute Gasteiger partial charge is 0.241 e. The van der Waals surface area contributed by atoms with Crippen molar-refractivity contribution in [1.29, 1.82) is 0 Å². The van der Waals surface area contributed by atoms with Gasteiger partial charge in [-0.05, 0) is 56.1 Å². The van der Waals surface area contributed by atoms with Gasteiger partial charge in [-0.1, -0.05) is 24.4 Å². The van der Waals surface area contributed by atoms with Crippen LogP contribution in [0.4, 0.5) is 0 Å². The van der Waals surface area contributed by atoms with Gasteiger partial charge in [0.05, 0.1) is 4.90 Å². The molecule has 114 valence electrons. The summed E-state index contributed by atoms with van der Waals surface area (Å²) in [5.41, 5.74) is 6.91. The number of hydrogen-bond acceptors (Lipinski definition) is 3. The topological polar surface area (TPSA) is 72.2 Å². The first-order valence-electron chi connectivity index (χ1n) is 7.31. The fourth-order valence-electron chi connectivity index (χ4n) is 2.77. The minimum Gasteiger partial charge on any atom is -0.389 e. The van der Waals surface area contributed by atoms with E-state index in [0.29, 0.717) is 27.9 Å². The van der Waals surface area contributed by atoms with Crippen molar-refractivity contribution in [3.63, 3.8) is 0 Å². The Morgan fingerprint density at radius 3 is 2.33 bits per heavy atom. The maximum atomic E-state index is 12.7. The Labute approximate surface area is 131 Å². The van der Waals surface area contributed by atoms with Crippen LogP contribution in [-0.4, -0.2) is 19.4 Å². The van der Waals surface area contributed by atoms with Gasteiger partial charge in [-0.3, -0.25) is 0 Å². The first-order valence-corrected chi connectivity index (χ1v) is 9.20. The molecular formula is C15H20N2O2S2. The maximum Gasteiger partial charge on any atom is 0.241 e. The van der Waals surface area contributed by atoms with E-state index in [4.69, 9.17) is 18.0 Å². The van der Waals surface area contributed by atoms with E-state index in [1.807, 2.05) is 0 Å². The summed E-state index contributed by atoms with van der Waals surface area (Å²) in [6.07, 6.45) is 4.54. The molecule has 0 radical (unpaired) electrons. The second-order valence-corrected chi connectivity index (χ2v) is 8.29. The van der Waals surface area contributed by atoms with Crippen LogP contribution in [0.1, 0.15) is 36.8 Å². The van der Waals surface area contributed by atoms with E-state index in [2.05, 4.69) is 4.72 Å². The fraction of sp³-hybridized carbons (Fsp3) is 0.533. The molecule has 2 saturated carbocycles. The summed E-state index contributed by atoms with van der Waals surface area (Å²) in [5, 5.41) is 0. The molecule has 6 heteroatoms. The number of rotatable bonds is 6. The zero-order valence-electron chi connectivity index (χ0n) is 12.0. The molecule has 3 rings (SSSR count). The Kier molecular flexibility index (Phi) is 3.80. The zero-order chi connectivity index (χ0) is 15.2. The summed E-state index contributed by atoms with van der Waals surface area (Å²) >= 11 is 4.94. The van der Waals surface area contributed by atoms with Crippen molar-refractivity contribution in [2.24, 2.45) is 17.6 Å². The average molecular weight is 324 g/mol. The summed E-state index contributed by atoms with van der Waals surface area (Å²) in [7, 11) is -3.52. The third-order valence-electron chi connectivity index (χ3n) is 4.31. The van der Waals surface area contributed by atoms with Crippen molar-refractivity contribution in [3.05, 3.63) is 29.3 Å². The van der Waals surface area contributed by atoms with E-state index < -0.39 is 10.0 Å². The molecule has 1 aromatic rings. The number of sulfonamides is 1. The molecule has 0 saturated heterocycles. The zero-order valence-corrected chi connectivity index (χ0v) is 13.6. The lowest BCUT2D eigenvalue weighted by Crippen LogP contribution is -2.38. The lowest BCUT2D eigenvalue weighted by molar-refractivity contribution is 0.471. The predicted octanol–water partition coefficient (Wildman–Crippen LogP) is 2.10. The third-order valence-corrected chi connectivity index (χ3v) is 6.15. The number of nitrogens with one attached hydrogen (secondary N) is 1. The first kappa shape index (κ1) is 14.9. The molecule has 0 unspecified atom stereocenters. The van der Waals surface area contributed by atoms with Gasteiger partial charge in [0.25, 0.3) is 0 Å². The summed E-state index contributed by atoms with van der Waals surface area (Å²) in [4.78, 5) is 0.506. The maximum absolute atomic E-state index is 12.7.